The summed E-state index contributed by atoms with van der Waals surface area (Å²) in [4.78, 5) is 15.5. The van der Waals surface area contributed by atoms with E-state index in [0.717, 1.165) is 16.7 Å². The van der Waals surface area contributed by atoms with Gasteiger partial charge in [0, 0.05) is 23.7 Å². The van der Waals surface area contributed by atoms with E-state index in [0.29, 0.717) is 31.1 Å². The van der Waals surface area contributed by atoms with Gasteiger partial charge in [-0.15, -0.1) is 0 Å². The van der Waals surface area contributed by atoms with Gasteiger partial charge < -0.3 is 14.9 Å². The second kappa shape index (κ2) is 7.32. The Morgan fingerprint density at radius 3 is 2.67 bits per heavy atom. The van der Waals surface area contributed by atoms with Crippen molar-refractivity contribution in [1.82, 2.24) is 15.5 Å². The predicted molar refractivity (Wildman–Crippen MR) is 101 cm³/mol. The molecule has 0 aliphatic heterocycles. The molecular formula is C21H21N3O3. The van der Waals surface area contributed by atoms with Crippen molar-refractivity contribution in [3.63, 3.8) is 0 Å². The van der Waals surface area contributed by atoms with Crippen LogP contribution in [0.2, 0.25) is 0 Å². The second-order valence-electron chi connectivity index (χ2n) is 7.03. The fourth-order valence-electron chi connectivity index (χ4n) is 3.28. The van der Waals surface area contributed by atoms with Crippen LogP contribution >= 0.6 is 0 Å². The minimum Gasteiger partial charge on any atom is -0.481 e. The van der Waals surface area contributed by atoms with Gasteiger partial charge in [-0.1, -0.05) is 47.1 Å². The zero-order valence-electron chi connectivity index (χ0n) is 15.1. The standard InChI is InChI=1S/C21H21N3O3/c1-13-6-8-14(9-7-13)20-23-19(24-27-20)18-5-3-2-4-15(18)12-22-17-10-16(11-17)21(25)26/h2-9,16-17,22H,10-12H2,1H3,(H,25,26). The van der Waals surface area contributed by atoms with Gasteiger partial charge in [-0.25, -0.2) is 0 Å². The summed E-state index contributed by atoms with van der Waals surface area (Å²) in [6.07, 6.45) is 1.36. The number of carboxylic acids is 1. The highest BCUT2D eigenvalue weighted by atomic mass is 16.5. The summed E-state index contributed by atoms with van der Waals surface area (Å²) in [6, 6.07) is 16.1. The van der Waals surface area contributed by atoms with E-state index in [9.17, 15) is 4.79 Å². The maximum Gasteiger partial charge on any atom is 0.306 e. The van der Waals surface area contributed by atoms with Crippen LogP contribution < -0.4 is 5.32 Å². The van der Waals surface area contributed by atoms with E-state index in [1.165, 1.54) is 5.56 Å². The monoisotopic (exact) mass is 363 g/mol. The lowest BCUT2D eigenvalue weighted by molar-refractivity contribution is -0.145. The van der Waals surface area contributed by atoms with Crippen molar-refractivity contribution < 1.29 is 14.4 Å². The molecule has 1 aliphatic carbocycles. The maximum atomic E-state index is 10.9. The van der Waals surface area contributed by atoms with Crippen LogP contribution in [0.1, 0.15) is 24.0 Å². The van der Waals surface area contributed by atoms with Gasteiger partial charge in [0.05, 0.1) is 5.92 Å². The molecule has 2 aromatic carbocycles. The molecule has 0 atom stereocenters. The normalized spacial score (nSPS) is 18.9. The molecule has 0 saturated heterocycles. The number of rotatable bonds is 6. The quantitative estimate of drug-likeness (QED) is 0.695. The van der Waals surface area contributed by atoms with E-state index in [1.807, 2.05) is 55.5 Å². The zero-order valence-corrected chi connectivity index (χ0v) is 15.1. The van der Waals surface area contributed by atoms with E-state index in [2.05, 4.69) is 15.5 Å². The molecule has 6 nitrogen and oxygen atoms in total. The topological polar surface area (TPSA) is 88.2 Å². The lowest BCUT2D eigenvalue weighted by Crippen LogP contribution is -2.43. The van der Waals surface area contributed by atoms with Gasteiger partial charge in [-0.2, -0.15) is 4.98 Å². The second-order valence-corrected chi connectivity index (χ2v) is 7.03. The summed E-state index contributed by atoms with van der Waals surface area (Å²) in [5, 5.41) is 16.6. The van der Waals surface area contributed by atoms with Crippen LogP contribution in [0.25, 0.3) is 22.8 Å². The summed E-state index contributed by atoms with van der Waals surface area (Å²) < 4.78 is 5.45. The van der Waals surface area contributed by atoms with Crippen molar-refractivity contribution in [2.24, 2.45) is 5.92 Å². The van der Waals surface area contributed by atoms with E-state index in [4.69, 9.17) is 9.63 Å². The van der Waals surface area contributed by atoms with Gasteiger partial charge >= 0.3 is 5.97 Å². The van der Waals surface area contributed by atoms with Crippen LogP contribution in [0.15, 0.2) is 53.1 Å². The first-order chi connectivity index (χ1) is 13.1. The first-order valence-electron chi connectivity index (χ1n) is 9.05. The van der Waals surface area contributed by atoms with Crippen LogP contribution in [0, 0.1) is 12.8 Å². The van der Waals surface area contributed by atoms with Gasteiger partial charge in [-0.05, 0) is 37.5 Å². The zero-order chi connectivity index (χ0) is 18.8. The van der Waals surface area contributed by atoms with Crippen LogP contribution in [-0.2, 0) is 11.3 Å². The van der Waals surface area contributed by atoms with Gasteiger partial charge in [0.25, 0.3) is 5.89 Å². The maximum absolute atomic E-state index is 10.9. The third-order valence-electron chi connectivity index (χ3n) is 5.05. The molecule has 0 bridgehead atoms. The minimum absolute atomic E-state index is 0.216. The lowest BCUT2D eigenvalue weighted by atomic mass is 9.80. The molecule has 1 fully saturated rings. The minimum atomic E-state index is -0.705. The molecular weight excluding hydrogens is 342 g/mol. The van der Waals surface area contributed by atoms with E-state index in [1.54, 1.807) is 0 Å². The summed E-state index contributed by atoms with van der Waals surface area (Å²) in [5.74, 6) is 0.131. The van der Waals surface area contributed by atoms with Crippen molar-refractivity contribution in [2.45, 2.75) is 32.4 Å². The molecule has 0 spiro atoms. The van der Waals surface area contributed by atoms with Gasteiger partial charge in [0.15, 0.2) is 0 Å². The molecule has 1 saturated carbocycles. The molecule has 2 N–H and O–H groups in total. The van der Waals surface area contributed by atoms with Gasteiger partial charge in [-0.3, -0.25) is 4.79 Å². The number of aliphatic carboxylic acids is 1. The summed E-state index contributed by atoms with van der Waals surface area (Å²) in [5.41, 5.74) is 4.05. The van der Waals surface area contributed by atoms with Crippen LogP contribution in [0.5, 0.6) is 0 Å². The largest absolute Gasteiger partial charge is 0.481 e. The summed E-state index contributed by atoms with van der Waals surface area (Å²) in [7, 11) is 0. The first kappa shape index (κ1) is 17.4. The third-order valence-corrected chi connectivity index (χ3v) is 5.05. The number of carbonyl (C=O) groups is 1. The number of nitrogens with zero attached hydrogens (tertiary/aromatic N) is 2. The number of carboxylic acid groups (broad SMARTS) is 1. The number of benzene rings is 2. The molecule has 4 rings (SSSR count). The highest BCUT2D eigenvalue weighted by molar-refractivity contribution is 5.71. The summed E-state index contributed by atoms with van der Waals surface area (Å²) in [6.45, 7) is 2.68. The average molecular weight is 363 g/mol. The fourth-order valence-corrected chi connectivity index (χ4v) is 3.28. The Morgan fingerprint density at radius 1 is 1.19 bits per heavy atom. The van der Waals surface area contributed by atoms with Gasteiger partial charge in [0.1, 0.15) is 0 Å². The molecule has 0 radical (unpaired) electrons. The Bertz CT molecular complexity index is 943. The molecule has 6 heteroatoms. The van der Waals surface area contributed by atoms with Crippen molar-refractivity contribution in [3.05, 3.63) is 59.7 Å². The number of aryl methyl sites for hydroxylation is 1. The SMILES string of the molecule is Cc1ccc(-c2nc(-c3ccccc3CNC3CC(C(=O)O)C3)no2)cc1. The molecule has 0 amide bonds. The van der Waals surface area contributed by atoms with E-state index in [-0.39, 0.29) is 12.0 Å². The van der Waals surface area contributed by atoms with E-state index >= 15 is 0 Å². The Labute approximate surface area is 157 Å². The average Bonchev–Trinajstić information content (AvgIpc) is 3.11. The van der Waals surface area contributed by atoms with Crippen molar-refractivity contribution in [3.8, 4) is 22.8 Å². The van der Waals surface area contributed by atoms with Crippen molar-refractivity contribution in [2.75, 3.05) is 0 Å². The van der Waals surface area contributed by atoms with Crippen molar-refractivity contribution in [1.29, 1.82) is 0 Å². The predicted octanol–water partition coefficient (Wildman–Crippen LogP) is 3.66. The molecule has 138 valence electrons. The highest BCUT2D eigenvalue weighted by Crippen LogP contribution is 2.29. The summed E-state index contributed by atoms with van der Waals surface area (Å²) >= 11 is 0. The number of hydrogen-bond donors (Lipinski definition) is 2. The fraction of sp³-hybridized carbons (Fsp3) is 0.286. The smallest absolute Gasteiger partial charge is 0.306 e. The number of nitrogens with one attached hydrogen (secondary N) is 1. The molecule has 0 unspecified atom stereocenters. The molecule has 3 aromatic rings. The number of hydrogen-bond acceptors (Lipinski definition) is 5. The Balaban J connectivity index is 1.48. The molecule has 27 heavy (non-hydrogen) atoms. The van der Waals surface area contributed by atoms with Crippen LogP contribution in [-0.4, -0.2) is 27.3 Å². The highest BCUT2D eigenvalue weighted by Gasteiger charge is 2.34. The molecule has 1 aliphatic rings. The van der Waals surface area contributed by atoms with E-state index < -0.39 is 5.97 Å². The first-order valence-corrected chi connectivity index (χ1v) is 9.05. The Kier molecular flexibility index (Phi) is 4.73. The molecule has 1 aromatic heterocycles. The Morgan fingerprint density at radius 2 is 1.93 bits per heavy atom. The Hall–Kier alpha value is -2.99. The lowest BCUT2D eigenvalue weighted by Gasteiger charge is -2.33. The number of aromatic nitrogens is 2. The van der Waals surface area contributed by atoms with Gasteiger partial charge in [0.2, 0.25) is 5.82 Å². The third kappa shape index (κ3) is 3.75. The van der Waals surface area contributed by atoms with Crippen LogP contribution in [0.3, 0.4) is 0 Å². The van der Waals surface area contributed by atoms with Crippen molar-refractivity contribution >= 4 is 5.97 Å². The molecule has 1 heterocycles. The van der Waals surface area contributed by atoms with Crippen LogP contribution in [0.4, 0.5) is 0 Å².